The summed E-state index contributed by atoms with van der Waals surface area (Å²) in [5, 5.41) is 3.21. The van der Waals surface area contributed by atoms with Gasteiger partial charge in [0.15, 0.2) is 0 Å². The highest BCUT2D eigenvalue weighted by molar-refractivity contribution is 7.92. The zero-order chi connectivity index (χ0) is 22.3. The second kappa shape index (κ2) is 10.6. The Morgan fingerprint density at radius 2 is 1.84 bits per heavy atom. The molecule has 0 radical (unpaired) electrons. The van der Waals surface area contributed by atoms with Gasteiger partial charge in [-0.3, -0.25) is 9.62 Å². The van der Waals surface area contributed by atoms with Gasteiger partial charge in [0.2, 0.25) is 0 Å². The molecule has 1 aliphatic heterocycles. The zero-order valence-electron chi connectivity index (χ0n) is 17.9. The number of hydrogen-bond acceptors (Lipinski definition) is 7. The predicted octanol–water partition coefficient (Wildman–Crippen LogP) is 2.72. The van der Waals surface area contributed by atoms with Crippen molar-refractivity contribution in [3.8, 4) is 0 Å². The van der Waals surface area contributed by atoms with Crippen LogP contribution in [0.4, 0.5) is 11.4 Å². The van der Waals surface area contributed by atoms with Gasteiger partial charge in [-0.25, -0.2) is 13.2 Å². The van der Waals surface area contributed by atoms with Gasteiger partial charge in [-0.05, 0) is 50.2 Å². The average Bonchev–Trinajstić information content (AvgIpc) is 2.78. The van der Waals surface area contributed by atoms with Crippen LogP contribution in [0.25, 0.3) is 0 Å². The van der Waals surface area contributed by atoms with Gasteiger partial charge in [-0.15, -0.1) is 0 Å². The number of sulfonamides is 1. The lowest BCUT2D eigenvalue weighted by molar-refractivity contribution is 0.0378. The summed E-state index contributed by atoms with van der Waals surface area (Å²) in [6.07, 6.45) is 0.851. The molecule has 9 heteroatoms. The van der Waals surface area contributed by atoms with Crippen LogP contribution >= 0.6 is 0 Å². The first kappa shape index (κ1) is 23.1. The van der Waals surface area contributed by atoms with Crippen LogP contribution in [0.5, 0.6) is 0 Å². The molecule has 0 unspecified atom stereocenters. The molecule has 0 bridgehead atoms. The zero-order valence-corrected chi connectivity index (χ0v) is 18.7. The lowest BCUT2D eigenvalue weighted by Gasteiger charge is -2.26. The number of esters is 1. The maximum Gasteiger partial charge on any atom is 0.337 e. The van der Waals surface area contributed by atoms with Crippen LogP contribution in [0, 0.1) is 6.92 Å². The first-order chi connectivity index (χ1) is 14.9. The highest BCUT2D eigenvalue weighted by atomic mass is 32.2. The quantitative estimate of drug-likeness (QED) is 0.451. The SMILES string of the molecule is COC(=O)c1ccc(NCCCN2CCOCC2)c(S(=O)(=O)Nc2ccc(C)cc2)c1. The molecular formula is C22H29N3O5S. The van der Waals surface area contributed by atoms with Crippen LogP contribution in [-0.4, -0.2) is 65.8 Å². The van der Waals surface area contributed by atoms with Crippen LogP contribution in [0.3, 0.4) is 0 Å². The fourth-order valence-electron chi connectivity index (χ4n) is 3.32. The van der Waals surface area contributed by atoms with E-state index in [1.807, 2.05) is 19.1 Å². The highest BCUT2D eigenvalue weighted by Crippen LogP contribution is 2.26. The summed E-state index contributed by atoms with van der Waals surface area (Å²) in [5.74, 6) is -0.592. The number of nitrogens with zero attached hydrogens (tertiary/aromatic N) is 1. The number of benzene rings is 2. The summed E-state index contributed by atoms with van der Waals surface area (Å²) in [6, 6.07) is 11.6. The van der Waals surface area contributed by atoms with E-state index < -0.39 is 16.0 Å². The molecule has 0 amide bonds. The van der Waals surface area contributed by atoms with Gasteiger partial charge < -0.3 is 14.8 Å². The van der Waals surface area contributed by atoms with Crippen LogP contribution in [0.2, 0.25) is 0 Å². The van der Waals surface area contributed by atoms with Crippen molar-refractivity contribution in [3.63, 3.8) is 0 Å². The van der Waals surface area contributed by atoms with Gasteiger partial charge in [-0.1, -0.05) is 17.7 Å². The van der Waals surface area contributed by atoms with Crippen molar-refractivity contribution in [2.45, 2.75) is 18.2 Å². The Kier molecular flexibility index (Phi) is 7.89. The molecule has 1 heterocycles. The van der Waals surface area contributed by atoms with Crippen LogP contribution in [0.15, 0.2) is 47.4 Å². The van der Waals surface area contributed by atoms with Crippen molar-refractivity contribution < 1.29 is 22.7 Å². The molecule has 3 rings (SSSR count). The Morgan fingerprint density at radius 1 is 1.13 bits per heavy atom. The summed E-state index contributed by atoms with van der Waals surface area (Å²) in [6.45, 7) is 6.74. The molecule has 168 valence electrons. The summed E-state index contributed by atoms with van der Waals surface area (Å²) >= 11 is 0. The van der Waals surface area contributed by atoms with E-state index in [0.717, 1.165) is 44.8 Å². The fourth-order valence-corrected chi connectivity index (χ4v) is 4.59. The average molecular weight is 448 g/mol. The van der Waals surface area contributed by atoms with Gasteiger partial charge in [0.25, 0.3) is 10.0 Å². The predicted molar refractivity (Wildman–Crippen MR) is 120 cm³/mol. The van der Waals surface area contributed by atoms with Crippen molar-refractivity contribution in [2.75, 3.05) is 56.5 Å². The van der Waals surface area contributed by atoms with E-state index in [4.69, 9.17) is 9.47 Å². The van der Waals surface area contributed by atoms with Crippen LogP contribution in [-0.2, 0) is 19.5 Å². The number of carbonyl (C=O) groups is 1. The second-order valence-electron chi connectivity index (χ2n) is 7.41. The lowest BCUT2D eigenvalue weighted by Crippen LogP contribution is -2.37. The van der Waals surface area contributed by atoms with E-state index in [1.54, 1.807) is 24.3 Å². The minimum absolute atomic E-state index is 0.00217. The highest BCUT2D eigenvalue weighted by Gasteiger charge is 2.21. The monoisotopic (exact) mass is 447 g/mol. The minimum atomic E-state index is -3.93. The summed E-state index contributed by atoms with van der Waals surface area (Å²) in [7, 11) is -2.66. The number of carbonyl (C=O) groups excluding carboxylic acids is 1. The third-order valence-corrected chi connectivity index (χ3v) is 6.49. The second-order valence-corrected chi connectivity index (χ2v) is 9.06. The van der Waals surface area contributed by atoms with Crippen LogP contribution < -0.4 is 10.0 Å². The number of aryl methyl sites for hydroxylation is 1. The van der Waals surface area contributed by atoms with E-state index in [1.165, 1.54) is 13.2 Å². The fraction of sp³-hybridized carbons (Fsp3) is 0.409. The molecule has 0 aromatic heterocycles. The van der Waals surface area contributed by atoms with Crippen LogP contribution in [0.1, 0.15) is 22.3 Å². The summed E-state index contributed by atoms with van der Waals surface area (Å²) < 4.78 is 38.9. The molecule has 8 nitrogen and oxygen atoms in total. The maximum atomic E-state index is 13.1. The third-order valence-electron chi connectivity index (χ3n) is 5.07. The van der Waals surface area contributed by atoms with Gasteiger partial charge in [0.1, 0.15) is 4.90 Å². The number of anilines is 2. The summed E-state index contributed by atoms with van der Waals surface area (Å²) in [5.41, 5.74) is 2.09. The molecule has 0 aliphatic carbocycles. The minimum Gasteiger partial charge on any atom is -0.465 e. The first-order valence-corrected chi connectivity index (χ1v) is 11.7. The Hall–Kier alpha value is -2.62. The van der Waals surface area contributed by atoms with E-state index in [9.17, 15) is 13.2 Å². The van der Waals surface area contributed by atoms with Gasteiger partial charge in [-0.2, -0.15) is 0 Å². The molecule has 1 aliphatic rings. The number of methoxy groups -OCH3 is 1. The number of morpholine rings is 1. The molecule has 2 N–H and O–H groups in total. The smallest absolute Gasteiger partial charge is 0.337 e. The molecule has 2 aromatic rings. The van der Waals surface area contributed by atoms with E-state index in [-0.39, 0.29) is 10.5 Å². The molecule has 1 saturated heterocycles. The third kappa shape index (κ3) is 6.43. The molecular weight excluding hydrogens is 418 g/mol. The molecule has 2 aromatic carbocycles. The van der Waals surface area contributed by atoms with Gasteiger partial charge in [0.05, 0.1) is 31.6 Å². The Balaban J connectivity index is 1.76. The molecule has 0 spiro atoms. The molecule has 31 heavy (non-hydrogen) atoms. The van der Waals surface area contributed by atoms with Crippen molar-refractivity contribution in [3.05, 3.63) is 53.6 Å². The van der Waals surface area contributed by atoms with Gasteiger partial charge >= 0.3 is 5.97 Å². The van der Waals surface area contributed by atoms with Crippen molar-refractivity contribution >= 4 is 27.4 Å². The number of ether oxygens (including phenoxy) is 2. The molecule has 0 atom stereocenters. The Labute approximate surface area is 183 Å². The lowest BCUT2D eigenvalue weighted by atomic mass is 10.2. The maximum absolute atomic E-state index is 13.1. The molecule has 0 saturated carbocycles. The normalized spacial score (nSPS) is 14.8. The van der Waals surface area contributed by atoms with Crippen molar-refractivity contribution in [1.82, 2.24) is 4.90 Å². The van der Waals surface area contributed by atoms with E-state index in [0.29, 0.717) is 17.9 Å². The van der Waals surface area contributed by atoms with Crippen molar-refractivity contribution in [1.29, 1.82) is 0 Å². The van der Waals surface area contributed by atoms with E-state index in [2.05, 4.69) is 14.9 Å². The van der Waals surface area contributed by atoms with Crippen molar-refractivity contribution in [2.24, 2.45) is 0 Å². The number of nitrogens with one attached hydrogen (secondary N) is 2. The Bertz CT molecular complexity index is 987. The largest absolute Gasteiger partial charge is 0.465 e. The summed E-state index contributed by atoms with van der Waals surface area (Å²) in [4.78, 5) is 14.3. The first-order valence-electron chi connectivity index (χ1n) is 10.2. The van der Waals surface area contributed by atoms with Gasteiger partial charge in [0, 0.05) is 25.3 Å². The topological polar surface area (TPSA) is 97.0 Å². The number of hydrogen-bond donors (Lipinski definition) is 2. The standard InChI is InChI=1S/C22H29N3O5S/c1-17-4-7-19(8-5-17)24-31(27,28)21-16-18(22(26)29-2)6-9-20(21)23-10-3-11-25-12-14-30-15-13-25/h4-9,16,23-24H,3,10-15H2,1-2H3. The molecule has 1 fully saturated rings. The van der Waals surface area contributed by atoms with E-state index >= 15 is 0 Å². The Morgan fingerprint density at radius 3 is 2.52 bits per heavy atom. The number of rotatable bonds is 9.